The van der Waals surface area contributed by atoms with Crippen molar-refractivity contribution >= 4 is 10.0 Å². The van der Waals surface area contributed by atoms with E-state index < -0.39 is 10.0 Å². The van der Waals surface area contributed by atoms with Crippen molar-refractivity contribution in [2.45, 2.75) is 29.9 Å². The standard InChI is InChI=1S/C17H23N3O3S/c1-19(2)9-10-23-17-14-5-8-16(17)20(12-14)24(21,22)15-6-3-13(11-18)4-7-15/h3-4,6-7,14,16-17H,5,8-10,12H2,1-2H3/t14-,16+,17+/m0/s1. The highest BCUT2D eigenvalue weighted by Crippen LogP contribution is 2.42. The first-order valence-corrected chi connectivity index (χ1v) is 9.66. The number of hydrogen-bond donors (Lipinski definition) is 0. The van der Waals surface area contributed by atoms with Gasteiger partial charge in [-0.15, -0.1) is 0 Å². The van der Waals surface area contributed by atoms with Gasteiger partial charge in [-0.3, -0.25) is 0 Å². The molecule has 0 amide bonds. The molecule has 2 aliphatic rings. The lowest BCUT2D eigenvalue weighted by Crippen LogP contribution is -2.40. The van der Waals surface area contributed by atoms with E-state index in [0.717, 1.165) is 19.4 Å². The van der Waals surface area contributed by atoms with E-state index in [1.807, 2.05) is 20.2 Å². The molecule has 24 heavy (non-hydrogen) atoms. The first-order valence-electron chi connectivity index (χ1n) is 8.22. The zero-order valence-electron chi connectivity index (χ0n) is 14.1. The van der Waals surface area contributed by atoms with E-state index in [1.165, 1.54) is 12.1 Å². The van der Waals surface area contributed by atoms with Gasteiger partial charge in [0.2, 0.25) is 10.0 Å². The number of nitriles is 1. The van der Waals surface area contributed by atoms with Crippen LogP contribution in [0.3, 0.4) is 0 Å². The fourth-order valence-electron chi connectivity index (χ4n) is 3.63. The number of benzene rings is 1. The summed E-state index contributed by atoms with van der Waals surface area (Å²) in [4.78, 5) is 2.31. The van der Waals surface area contributed by atoms with Gasteiger partial charge in [0, 0.05) is 19.0 Å². The van der Waals surface area contributed by atoms with Gasteiger partial charge < -0.3 is 9.64 Å². The van der Waals surface area contributed by atoms with Crippen molar-refractivity contribution in [1.82, 2.24) is 9.21 Å². The van der Waals surface area contributed by atoms with Crippen LogP contribution in [0.1, 0.15) is 18.4 Å². The fourth-order valence-corrected chi connectivity index (χ4v) is 5.35. The molecule has 1 heterocycles. The van der Waals surface area contributed by atoms with Crippen molar-refractivity contribution < 1.29 is 13.2 Å². The Balaban J connectivity index is 1.74. The van der Waals surface area contributed by atoms with Gasteiger partial charge >= 0.3 is 0 Å². The molecule has 0 aromatic heterocycles. The van der Waals surface area contributed by atoms with Crippen molar-refractivity contribution in [3.05, 3.63) is 29.8 Å². The van der Waals surface area contributed by atoms with Gasteiger partial charge in [-0.2, -0.15) is 9.57 Å². The van der Waals surface area contributed by atoms with Crippen LogP contribution in [0, 0.1) is 17.2 Å². The third-order valence-electron chi connectivity index (χ3n) is 4.90. The minimum Gasteiger partial charge on any atom is -0.375 e. The Morgan fingerprint density at radius 1 is 1.29 bits per heavy atom. The summed E-state index contributed by atoms with van der Waals surface area (Å²) in [5.74, 6) is 0.283. The average molecular weight is 349 g/mol. The Morgan fingerprint density at radius 3 is 2.62 bits per heavy atom. The summed E-state index contributed by atoms with van der Waals surface area (Å²) in [7, 11) is 0.453. The topological polar surface area (TPSA) is 73.6 Å². The van der Waals surface area contributed by atoms with Crippen molar-refractivity contribution in [2.75, 3.05) is 33.8 Å². The molecule has 1 aromatic carbocycles. The number of hydrogen-bond acceptors (Lipinski definition) is 5. The molecule has 1 saturated carbocycles. The molecule has 1 aliphatic heterocycles. The van der Waals surface area contributed by atoms with Crippen molar-refractivity contribution in [2.24, 2.45) is 5.92 Å². The van der Waals surface area contributed by atoms with E-state index in [9.17, 15) is 8.42 Å². The number of piperidine rings is 1. The van der Waals surface area contributed by atoms with Crippen LogP contribution in [0.4, 0.5) is 0 Å². The van der Waals surface area contributed by atoms with Crippen LogP contribution < -0.4 is 0 Å². The highest BCUT2D eigenvalue weighted by molar-refractivity contribution is 7.89. The first-order chi connectivity index (χ1) is 11.4. The molecule has 0 N–H and O–H groups in total. The van der Waals surface area contributed by atoms with Crippen molar-refractivity contribution in [1.29, 1.82) is 5.26 Å². The number of sulfonamides is 1. The molecule has 0 unspecified atom stereocenters. The summed E-state index contributed by atoms with van der Waals surface area (Å²) >= 11 is 0. The highest BCUT2D eigenvalue weighted by Gasteiger charge is 2.52. The molecule has 1 saturated heterocycles. The van der Waals surface area contributed by atoms with E-state index in [-0.39, 0.29) is 23.0 Å². The van der Waals surface area contributed by atoms with Crippen molar-refractivity contribution in [3.8, 4) is 6.07 Å². The smallest absolute Gasteiger partial charge is 0.243 e. The third kappa shape index (κ3) is 3.20. The maximum absolute atomic E-state index is 12.9. The monoisotopic (exact) mass is 349 g/mol. The summed E-state index contributed by atoms with van der Waals surface area (Å²) in [5, 5.41) is 8.86. The molecule has 130 valence electrons. The van der Waals surface area contributed by atoms with Crippen LogP contribution in [0.5, 0.6) is 0 Å². The zero-order chi connectivity index (χ0) is 17.3. The van der Waals surface area contributed by atoms with E-state index in [2.05, 4.69) is 4.90 Å². The highest BCUT2D eigenvalue weighted by atomic mass is 32.2. The molecule has 1 aliphatic carbocycles. The molecule has 0 spiro atoms. The molecule has 1 aromatic rings. The third-order valence-corrected chi connectivity index (χ3v) is 6.81. The second-order valence-corrected chi connectivity index (χ2v) is 8.64. The van der Waals surface area contributed by atoms with E-state index >= 15 is 0 Å². The minimum absolute atomic E-state index is 0.00175. The predicted molar refractivity (Wildman–Crippen MR) is 89.9 cm³/mol. The van der Waals surface area contributed by atoms with E-state index in [1.54, 1.807) is 16.4 Å². The molecule has 3 atom stereocenters. The van der Waals surface area contributed by atoms with Gasteiger partial charge in [0.25, 0.3) is 0 Å². The maximum atomic E-state index is 12.9. The van der Waals surface area contributed by atoms with Gasteiger partial charge in [0.05, 0.1) is 35.3 Å². The molecule has 3 rings (SSSR count). The first kappa shape index (κ1) is 17.4. The van der Waals surface area contributed by atoms with Crippen LogP contribution in [0.25, 0.3) is 0 Å². The largest absolute Gasteiger partial charge is 0.375 e. The molecule has 2 bridgehead atoms. The van der Waals surface area contributed by atoms with Gasteiger partial charge in [-0.05, 0) is 51.2 Å². The lowest BCUT2D eigenvalue weighted by molar-refractivity contribution is 0.0262. The van der Waals surface area contributed by atoms with Gasteiger partial charge in [-0.1, -0.05) is 0 Å². The number of fused-ring (bicyclic) bond motifs is 2. The minimum atomic E-state index is -3.54. The summed E-state index contributed by atoms with van der Waals surface area (Å²) in [5.41, 5.74) is 0.460. The number of ether oxygens (including phenoxy) is 1. The second-order valence-electron chi connectivity index (χ2n) is 6.75. The molecular formula is C17H23N3O3S. The van der Waals surface area contributed by atoms with E-state index in [4.69, 9.17) is 10.00 Å². The Hall–Kier alpha value is -1.46. The molecule has 6 nitrogen and oxygen atoms in total. The van der Waals surface area contributed by atoms with Gasteiger partial charge in [0.15, 0.2) is 0 Å². The molecular weight excluding hydrogens is 326 g/mol. The van der Waals surface area contributed by atoms with Crippen LogP contribution >= 0.6 is 0 Å². The van der Waals surface area contributed by atoms with Crippen LogP contribution in [-0.2, 0) is 14.8 Å². The summed E-state index contributed by atoms with van der Waals surface area (Å²) in [6.07, 6.45) is 1.88. The number of nitrogens with zero attached hydrogens (tertiary/aromatic N) is 3. The summed E-state index contributed by atoms with van der Waals surface area (Å²) < 4.78 is 33.5. The maximum Gasteiger partial charge on any atom is 0.243 e. The Labute approximate surface area is 143 Å². The summed E-state index contributed by atoms with van der Waals surface area (Å²) in [6.45, 7) is 1.98. The Kier molecular flexibility index (Phi) is 4.92. The van der Waals surface area contributed by atoms with Crippen LogP contribution in [0.2, 0.25) is 0 Å². The van der Waals surface area contributed by atoms with Crippen molar-refractivity contribution in [3.63, 3.8) is 0 Å². The average Bonchev–Trinajstić information content (AvgIpc) is 3.12. The van der Waals surface area contributed by atoms with Gasteiger partial charge in [0.1, 0.15) is 0 Å². The normalized spacial score (nSPS) is 26.8. The Morgan fingerprint density at radius 2 is 2.00 bits per heavy atom. The zero-order valence-corrected chi connectivity index (χ0v) is 14.9. The van der Waals surface area contributed by atoms with Crippen LogP contribution in [0.15, 0.2) is 29.2 Å². The quantitative estimate of drug-likeness (QED) is 0.774. The Bertz CT molecular complexity index is 724. The van der Waals surface area contributed by atoms with E-state index in [0.29, 0.717) is 18.7 Å². The number of likely N-dealkylation sites (N-methyl/N-ethyl adjacent to an activating group) is 1. The predicted octanol–water partition coefficient (Wildman–Crippen LogP) is 1.29. The lowest BCUT2D eigenvalue weighted by Gasteiger charge is -2.26. The lowest BCUT2D eigenvalue weighted by atomic mass is 10.1. The second kappa shape index (κ2) is 6.81. The fraction of sp³-hybridized carbons (Fsp3) is 0.588. The molecule has 0 radical (unpaired) electrons. The SMILES string of the molecule is CN(C)CCO[C@@H]1[C@H]2CC[C@H]1N(S(=O)(=O)c1ccc(C#N)cc1)C2. The molecule has 2 fully saturated rings. The molecule has 7 heteroatoms. The number of rotatable bonds is 6. The summed E-state index contributed by atoms with van der Waals surface area (Å²) in [6, 6.07) is 8.06. The van der Waals surface area contributed by atoms with Crippen LogP contribution in [-0.4, -0.2) is 63.6 Å². The van der Waals surface area contributed by atoms with Gasteiger partial charge in [-0.25, -0.2) is 8.42 Å².